The molecule has 0 radical (unpaired) electrons. The van der Waals surface area contributed by atoms with E-state index >= 15 is 0 Å². The van der Waals surface area contributed by atoms with Crippen LogP contribution in [-0.2, 0) is 4.74 Å². The molecule has 0 saturated heterocycles. The van der Waals surface area contributed by atoms with Gasteiger partial charge in [0, 0.05) is 18.2 Å². The average Bonchev–Trinajstić information content (AvgIpc) is 2.49. The van der Waals surface area contributed by atoms with Crippen molar-refractivity contribution in [1.82, 2.24) is 5.32 Å². The largest absolute Gasteiger partial charge is 0.490 e. The molecule has 2 N–H and O–H groups in total. The number of unbranched alkanes of at least 4 members (excludes halogenated alkanes) is 1. The summed E-state index contributed by atoms with van der Waals surface area (Å²) in [7, 11) is 1.80. The molecule has 4 nitrogen and oxygen atoms in total. The molecule has 120 valence electrons. The van der Waals surface area contributed by atoms with Gasteiger partial charge < -0.3 is 19.9 Å². The second-order valence-corrected chi connectivity index (χ2v) is 5.09. The maximum atomic E-state index is 13.3. The third-order valence-corrected chi connectivity index (χ3v) is 3.26. The van der Waals surface area contributed by atoms with Crippen molar-refractivity contribution in [1.29, 1.82) is 0 Å². The first kappa shape index (κ1) is 17.9. The van der Waals surface area contributed by atoms with Crippen LogP contribution in [0.1, 0.15) is 38.3 Å². The van der Waals surface area contributed by atoms with Crippen molar-refractivity contribution in [2.24, 2.45) is 0 Å². The minimum absolute atomic E-state index is 0.0337. The van der Waals surface area contributed by atoms with Crippen molar-refractivity contribution in [3.8, 4) is 5.75 Å². The van der Waals surface area contributed by atoms with E-state index in [0.29, 0.717) is 12.4 Å². The molecular weight excluding hydrogens is 273 g/mol. The second-order valence-electron chi connectivity index (χ2n) is 5.09. The van der Waals surface area contributed by atoms with E-state index in [-0.39, 0.29) is 25.1 Å². The Morgan fingerprint density at radius 1 is 1.33 bits per heavy atom. The van der Waals surface area contributed by atoms with E-state index in [1.807, 2.05) is 6.92 Å². The molecule has 0 saturated carbocycles. The predicted molar refractivity (Wildman–Crippen MR) is 81.1 cm³/mol. The maximum Gasteiger partial charge on any atom is 0.124 e. The van der Waals surface area contributed by atoms with Gasteiger partial charge in [-0.15, -0.1) is 0 Å². The normalized spacial score (nSPS) is 14.0. The minimum atomic E-state index is -0.690. The van der Waals surface area contributed by atoms with E-state index in [1.54, 1.807) is 13.1 Å². The highest BCUT2D eigenvalue weighted by Crippen LogP contribution is 2.26. The van der Waals surface area contributed by atoms with Gasteiger partial charge in [0.15, 0.2) is 0 Å². The van der Waals surface area contributed by atoms with Crippen molar-refractivity contribution >= 4 is 0 Å². The summed E-state index contributed by atoms with van der Waals surface area (Å²) in [4.78, 5) is 0. The smallest absolute Gasteiger partial charge is 0.124 e. The van der Waals surface area contributed by atoms with Crippen LogP contribution in [0.2, 0.25) is 0 Å². The predicted octanol–water partition coefficient (Wildman–Crippen LogP) is 2.66. The first-order valence-electron chi connectivity index (χ1n) is 7.43. The zero-order valence-corrected chi connectivity index (χ0v) is 13.1. The van der Waals surface area contributed by atoms with Crippen molar-refractivity contribution < 1.29 is 19.0 Å². The SMILES string of the molecule is CCCCOCC(O)COc1ccc(F)cc1C(C)NC. The fourth-order valence-electron chi connectivity index (χ4n) is 1.84. The molecule has 2 unspecified atom stereocenters. The zero-order valence-electron chi connectivity index (χ0n) is 13.1. The molecular formula is C16H26FNO3. The fourth-order valence-corrected chi connectivity index (χ4v) is 1.84. The second kappa shape index (κ2) is 9.71. The molecule has 1 rings (SSSR count). The average molecular weight is 299 g/mol. The van der Waals surface area contributed by atoms with E-state index in [4.69, 9.17) is 9.47 Å². The maximum absolute atomic E-state index is 13.3. The lowest BCUT2D eigenvalue weighted by molar-refractivity contribution is 0.0110. The molecule has 0 spiro atoms. The molecule has 0 aliphatic heterocycles. The summed E-state index contributed by atoms with van der Waals surface area (Å²) in [5.74, 6) is 0.272. The van der Waals surface area contributed by atoms with Crippen molar-refractivity contribution in [3.63, 3.8) is 0 Å². The Balaban J connectivity index is 2.50. The van der Waals surface area contributed by atoms with Gasteiger partial charge in [-0.05, 0) is 38.6 Å². The molecule has 0 aromatic heterocycles. The summed E-state index contributed by atoms with van der Waals surface area (Å²) in [6.45, 7) is 5.03. The molecule has 0 amide bonds. The van der Waals surface area contributed by atoms with Gasteiger partial charge in [0.25, 0.3) is 0 Å². The van der Waals surface area contributed by atoms with Gasteiger partial charge in [-0.25, -0.2) is 4.39 Å². The highest BCUT2D eigenvalue weighted by molar-refractivity contribution is 5.36. The molecule has 0 aliphatic carbocycles. The number of aliphatic hydroxyl groups excluding tert-OH is 1. The number of hydrogen-bond donors (Lipinski definition) is 2. The van der Waals surface area contributed by atoms with Gasteiger partial charge in [-0.2, -0.15) is 0 Å². The molecule has 0 heterocycles. The Kier molecular flexibility index (Phi) is 8.27. The highest BCUT2D eigenvalue weighted by atomic mass is 19.1. The molecule has 0 fully saturated rings. The summed E-state index contributed by atoms with van der Waals surface area (Å²) < 4.78 is 24.3. The monoisotopic (exact) mass is 299 g/mol. The van der Waals surface area contributed by atoms with Crippen LogP contribution < -0.4 is 10.1 Å². The van der Waals surface area contributed by atoms with Gasteiger partial charge in [0.1, 0.15) is 24.3 Å². The first-order valence-corrected chi connectivity index (χ1v) is 7.43. The van der Waals surface area contributed by atoms with E-state index in [9.17, 15) is 9.50 Å². The Bertz CT molecular complexity index is 415. The molecule has 21 heavy (non-hydrogen) atoms. The van der Waals surface area contributed by atoms with Gasteiger partial charge >= 0.3 is 0 Å². The van der Waals surface area contributed by atoms with Crippen molar-refractivity contribution in [2.75, 3.05) is 26.9 Å². The zero-order chi connectivity index (χ0) is 15.7. The van der Waals surface area contributed by atoms with E-state index in [1.165, 1.54) is 12.1 Å². The third-order valence-electron chi connectivity index (χ3n) is 3.26. The van der Waals surface area contributed by atoms with Crippen molar-refractivity contribution in [2.45, 2.75) is 38.8 Å². The molecule has 0 bridgehead atoms. The molecule has 5 heteroatoms. The Labute approximate surface area is 126 Å². The lowest BCUT2D eigenvalue weighted by atomic mass is 10.1. The fraction of sp³-hybridized carbons (Fsp3) is 0.625. The Morgan fingerprint density at radius 3 is 2.76 bits per heavy atom. The first-order chi connectivity index (χ1) is 10.1. The molecule has 1 aromatic rings. The highest BCUT2D eigenvalue weighted by Gasteiger charge is 2.13. The van der Waals surface area contributed by atoms with Gasteiger partial charge in [0.05, 0.1) is 6.61 Å². The lowest BCUT2D eigenvalue weighted by Crippen LogP contribution is -2.24. The number of nitrogens with one attached hydrogen (secondary N) is 1. The summed E-state index contributed by atoms with van der Waals surface area (Å²) in [6, 6.07) is 4.35. The van der Waals surface area contributed by atoms with Gasteiger partial charge in [-0.1, -0.05) is 13.3 Å². The number of hydrogen-bond acceptors (Lipinski definition) is 4. The van der Waals surface area contributed by atoms with Gasteiger partial charge in [0.2, 0.25) is 0 Å². The lowest BCUT2D eigenvalue weighted by Gasteiger charge is -2.18. The summed E-state index contributed by atoms with van der Waals surface area (Å²) in [6.07, 6.45) is 1.35. The third kappa shape index (κ3) is 6.42. The Hall–Kier alpha value is -1.17. The van der Waals surface area contributed by atoms with Crippen molar-refractivity contribution in [3.05, 3.63) is 29.6 Å². The van der Waals surface area contributed by atoms with E-state index < -0.39 is 6.10 Å². The summed E-state index contributed by atoms with van der Waals surface area (Å²) >= 11 is 0. The summed E-state index contributed by atoms with van der Waals surface area (Å²) in [5.41, 5.74) is 0.733. The van der Waals surface area contributed by atoms with E-state index in [0.717, 1.165) is 18.4 Å². The quantitative estimate of drug-likeness (QED) is 0.652. The standard InChI is InChI=1S/C16H26FNO3/c1-4-5-8-20-10-14(19)11-21-16-7-6-13(17)9-15(16)12(2)18-3/h6-7,9,12,14,18-19H,4-5,8,10-11H2,1-3H3. The van der Waals surface area contributed by atoms with Crippen LogP contribution in [0.25, 0.3) is 0 Å². The number of aliphatic hydroxyl groups is 1. The van der Waals surface area contributed by atoms with Crippen LogP contribution in [0.3, 0.4) is 0 Å². The van der Waals surface area contributed by atoms with Crippen LogP contribution in [0.5, 0.6) is 5.75 Å². The molecule has 1 aromatic carbocycles. The van der Waals surface area contributed by atoms with Crippen LogP contribution in [0, 0.1) is 5.82 Å². The van der Waals surface area contributed by atoms with Crippen LogP contribution in [0.4, 0.5) is 4.39 Å². The van der Waals surface area contributed by atoms with Crippen LogP contribution in [-0.4, -0.2) is 38.1 Å². The minimum Gasteiger partial charge on any atom is -0.490 e. The number of rotatable bonds is 10. The topological polar surface area (TPSA) is 50.7 Å². The molecule has 0 aliphatic rings. The summed E-state index contributed by atoms with van der Waals surface area (Å²) in [5, 5.41) is 12.9. The van der Waals surface area contributed by atoms with E-state index in [2.05, 4.69) is 12.2 Å². The number of ether oxygens (including phenoxy) is 2. The number of benzene rings is 1. The van der Waals surface area contributed by atoms with Crippen LogP contribution >= 0.6 is 0 Å². The number of halogens is 1. The van der Waals surface area contributed by atoms with Gasteiger partial charge in [-0.3, -0.25) is 0 Å². The Morgan fingerprint density at radius 2 is 2.10 bits per heavy atom. The molecule has 2 atom stereocenters. The van der Waals surface area contributed by atoms with Crippen LogP contribution in [0.15, 0.2) is 18.2 Å².